The van der Waals surface area contributed by atoms with E-state index in [0.717, 1.165) is 37.7 Å². The smallest absolute Gasteiger partial charge is 0.243 e. The maximum atomic E-state index is 13.3. The number of nitrogens with one attached hydrogen (secondary N) is 1. The van der Waals surface area contributed by atoms with Crippen LogP contribution in [-0.4, -0.2) is 31.2 Å². The lowest BCUT2D eigenvalue weighted by molar-refractivity contribution is -0.116. The van der Waals surface area contributed by atoms with Crippen molar-refractivity contribution in [3.8, 4) is 0 Å². The first kappa shape index (κ1) is 22.1. The average molecular weight is 455 g/mol. The summed E-state index contributed by atoms with van der Waals surface area (Å²) >= 11 is 11.9. The zero-order chi connectivity index (χ0) is 21.0. The quantitative estimate of drug-likeness (QED) is 0.646. The molecular formula is C21H24Cl2N2O3S. The van der Waals surface area contributed by atoms with Crippen molar-refractivity contribution in [1.82, 2.24) is 4.31 Å². The molecule has 0 spiro atoms. The Balaban J connectivity index is 1.84. The molecule has 156 valence electrons. The molecule has 0 unspecified atom stereocenters. The van der Waals surface area contributed by atoms with Crippen molar-refractivity contribution in [2.24, 2.45) is 0 Å². The van der Waals surface area contributed by atoms with Crippen molar-refractivity contribution >= 4 is 44.8 Å². The van der Waals surface area contributed by atoms with E-state index in [1.807, 2.05) is 6.92 Å². The predicted octanol–water partition coefficient (Wildman–Crippen LogP) is 5.26. The molecule has 3 rings (SSSR count). The lowest BCUT2D eigenvalue weighted by Gasteiger charge is -2.33. The van der Waals surface area contributed by atoms with Gasteiger partial charge in [-0.05, 0) is 50.1 Å². The van der Waals surface area contributed by atoms with Crippen LogP contribution in [0.4, 0.5) is 5.69 Å². The van der Waals surface area contributed by atoms with Crippen LogP contribution in [0.15, 0.2) is 47.4 Å². The Kier molecular flexibility index (Phi) is 7.22. The Morgan fingerprint density at radius 3 is 2.31 bits per heavy atom. The van der Waals surface area contributed by atoms with Gasteiger partial charge < -0.3 is 5.32 Å². The molecule has 0 saturated heterocycles. The second-order valence-corrected chi connectivity index (χ2v) is 10.0. The lowest BCUT2D eigenvalue weighted by Crippen LogP contribution is -2.45. The fourth-order valence-corrected chi connectivity index (χ4v) is 5.48. The van der Waals surface area contributed by atoms with Crippen LogP contribution in [-0.2, 0) is 14.8 Å². The van der Waals surface area contributed by atoms with Crippen LogP contribution in [0.1, 0.15) is 37.7 Å². The van der Waals surface area contributed by atoms with Crippen molar-refractivity contribution in [1.29, 1.82) is 0 Å². The lowest BCUT2D eigenvalue weighted by atomic mass is 9.95. The highest BCUT2D eigenvalue weighted by molar-refractivity contribution is 7.89. The van der Waals surface area contributed by atoms with Gasteiger partial charge in [-0.25, -0.2) is 8.42 Å². The molecule has 0 atom stereocenters. The number of sulfonamides is 1. The predicted molar refractivity (Wildman–Crippen MR) is 117 cm³/mol. The zero-order valence-corrected chi connectivity index (χ0v) is 18.5. The molecule has 29 heavy (non-hydrogen) atoms. The van der Waals surface area contributed by atoms with Crippen molar-refractivity contribution in [2.75, 3.05) is 11.9 Å². The molecule has 1 saturated carbocycles. The summed E-state index contributed by atoms with van der Waals surface area (Å²) in [7, 11) is -3.79. The molecule has 2 aromatic carbocycles. The summed E-state index contributed by atoms with van der Waals surface area (Å²) < 4.78 is 28.0. The molecule has 0 radical (unpaired) electrons. The maximum Gasteiger partial charge on any atom is 0.243 e. The monoisotopic (exact) mass is 454 g/mol. The topological polar surface area (TPSA) is 66.5 Å². The third-order valence-corrected chi connectivity index (χ3v) is 7.76. The van der Waals surface area contributed by atoms with Gasteiger partial charge in [-0.2, -0.15) is 4.31 Å². The van der Waals surface area contributed by atoms with Crippen LogP contribution in [0, 0.1) is 6.92 Å². The third kappa shape index (κ3) is 5.51. The van der Waals surface area contributed by atoms with E-state index in [-0.39, 0.29) is 17.5 Å². The van der Waals surface area contributed by atoms with Gasteiger partial charge in [-0.1, -0.05) is 60.2 Å². The molecule has 1 N–H and O–H groups in total. The Hall–Kier alpha value is -1.60. The number of halogens is 2. The largest absolute Gasteiger partial charge is 0.325 e. The Labute approximate surface area is 182 Å². The molecular weight excluding hydrogens is 431 g/mol. The number of carbonyl (C=O) groups is 1. The minimum Gasteiger partial charge on any atom is -0.325 e. The first-order valence-electron chi connectivity index (χ1n) is 9.61. The van der Waals surface area contributed by atoms with E-state index in [2.05, 4.69) is 5.32 Å². The maximum absolute atomic E-state index is 13.3. The highest BCUT2D eigenvalue weighted by Crippen LogP contribution is 2.29. The summed E-state index contributed by atoms with van der Waals surface area (Å²) in [4.78, 5) is 12.9. The van der Waals surface area contributed by atoms with Gasteiger partial charge in [-0.15, -0.1) is 0 Å². The number of anilines is 1. The van der Waals surface area contributed by atoms with E-state index < -0.39 is 15.9 Å². The Bertz CT molecular complexity index is 972. The molecule has 0 heterocycles. The van der Waals surface area contributed by atoms with E-state index in [1.54, 1.807) is 42.5 Å². The number of rotatable bonds is 6. The Morgan fingerprint density at radius 1 is 1.03 bits per heavy atom. The van der Waals surface area contributed by atoms with Gasteiger partial charge in [0, 0.05) is 11.7 Å². The van der Waals surface area contributed by atoms with E-state index in [0.29, 0.717) is 15.7 Å². The molecule has 1 aliphatic rings. The van der Waals surface area contributed by atoms with Gasteiger partial charge in [0.25, 0.3) is 0 Å². The molecule has 1 fully saturated rings. The molecule has 5 nitrogen and oxygen atoms in total. The summed E-state index contributed by atoms with van der Waals surface area (Å²) in [6, 6.07) is 11.3. The normalized spacial score (nSPS) is 15.4. The summed E-state index contributed by atoms with van der Waals surface area (Å²) in [6.07, 6.45) is 4.51. The summed E-state index contributed by atoms with van der Waals surface area (Å²) in [5.41, 5.74) is 1.45. The van der Waals surface area contributed by atoms with Gasteiger partial charge in [0.2, 0.25) is 15.9 Å². The summed E-state index contributed by atoms with van der Waals surface area (Å²) in [5.74, 6) is -0.412. The number of carbonyl (C=O) groups excluding carboxylic acids is 1. The number of amides is 1. The number of nitrogens with zero attached hydrogens (tertiary/aromatic N) is 1. The summed E-state index contributed by atoms with van der Waals surface area (Å²) in [5, 5.41) is 3.43. The molecule has 8 heteroatoms. The van der Waals surface area contributed by atoms with Gasteiger partial charge >= 0.3 is 0 Å². The van der Waals surface area contributed by atoms with E-state index in [9.17, 15) is 13.2 Å². The zero-order valence-electron chi connectivity index (χ0n) is 16.2. The van der Waals surface area contributed by atoms with Crippen LogP contribution in [0.2, 0.25) is 10.0 Å². The van der Waals surface area contributed by atoms with Crippen molar-refractivity contribution in [2.45, 2.75) is 50.0 Å². The highest BCUT2D eigenvalue weighted by atomic mass is 35.5. The van der Waals surface area contributed by atoms with Crippen molar-refractivity contribution in [3.63, 3.8) is 0 Å². The van der Waals surface area contributed by atoms with Crippen LogP contribution in [0.3, 0.4) is 0 Å². The second-order valence-electron chi connectivity index (χ2n) is 7.33. The third-order valence-electron chi connectivity index (χ3n) is 5.11. The summed E-state index contributed by atoms with van der Waals surface area (Å²) in [6.45, 7) is 1.65. The van der Waals surface area contributed by atoms with Gasteiger partial charge in [0.05, 0.1) is 21.5 Å². The Morgan fingerprint density at radius 2 is 1.69 bits per heavy atom. The van der Waals surface area contributed by atoms with Gasteiger partial charge in [0.15, 0.2) is 0 Å². The van der Waals surface area contributed by atoms with Crippen LogP contribution < -0.4 is 5.32 Å². The minimum absolute atomic E-state index is 0.186. The number of benzene rings is 2. The van der Waals surface area contributed by atoms with Crippen molar-refractivity contribution in [3.05, 3.63) is 58.1 Å². The SMILES string of the molecule is Cc1ccc(S(=O)(=O)N(CC(=O)Nc2ccc(Cl)c(Cl)c2)C2CCCCC2)cc1. The van der Waals surface area contributed by atoms with Crippen LogP contribution in [0.25, 0.3) is 0 Å². The van der Waals surface area contributed by atoms with Crippen LogP contribution >= 0.6 is 23.2 Å². The fourth-order valence-electron chi connectivity index (χ4n) is 3.54. The van der Waals surface area contributed by atoms with E-state index in [4.69, 9.17) is 23.2 Å². The van der Waals surface area contributed by atoms with Gasteiger partial charge in [0.1, 0.15) is 0 Å². The average Bonchev–Trinajstić information content (AvgIpc) is 2.70. The number of hydrogen-bond acceptors (Lipinski definition) is 3. The highest BCUT2D eigenvalue weighted by Gasteiger charge is 2.34. The first-order chi connectivity index (χ1) is 13.8. The minimum atomic E-state index is -3.79. The molecule has 1 amide bonds. The molecule has 0 bridgehead atoms. The molecule has 0 aromatic heterocycles. The van der Waals surface area contributed by atoms with E-state index >= 15 is 0 Å². The fraction of sp³-hybridized carbons (Fsp3) is 0.381. The number of hydrogen-bond donors (Lipinski definition) is 1. The van der Waals surface area contributed by atoms with Crippen LogP contribution in [0.5, 0.6) is 0 Å². The standard InChI is InChI=1S/C21H24Cl2N2O3S/c1-15-7-10-18(11-8-15)29(27,28)25(17-5-3-2-4-6-17)14-21(26)24-16-9-12-19(22)20(23)13-16/h7-13,17H,2-6,14H2,1H3,(H,24,26). The molecule has 1 aliphatic carbocycles. The van der Waals surface area contributed by atoms with Crippen molar-refractivity contribution < 1.29 is 13.2 Å². The second kappa shape index (κ2) is 9.47. The van der Waals surface area contributed by atoms with Gasteiger partial charge in [-0.3, -0.25) is 4.79 Å². The molecule has 0 aliphatic heterocycles. The number of aryl methyl sites for hydroxylation is 1. The van der Waals surface area contributed by atoms with E-state index in [1.165, 1.54) is 4.31 Å². The first-order valence-corrected chi connectivity index (χ1v) is 11.8. The molecule has 2 aromatic rings.